The molecule has 0 radical (unpaired) electrons. The summed E-state index contributed by atoms with van der Waals surface area (Å²) >= 11 is 0. The van der Waals surface area contributed by atoms with Crippen LogP contribution in [0.1, 0.15) is 0 Å². The molecule has 11 heavy (non-hydrogen) atoms. The van der Waals surface area contributed by atoms with E-state index in [4.69, 9.17) is 20.3 Å². The lowest BCUT2D eigenvalue weighted by Crippen LogP contribution is -2.54. The van der Waals surface area contributed by atoms with Crippen molar-refractivity contribution in [2.75, 3.05) is 26.4 Å². The third kappa shape index (κ3) is 1.89. The normalized spacial score (nSPS) is 24.1. The van der Waals surface area contributed by atoms with Gasteiger partial charge in [0.15, 0.2) is 5.54 Å². The highest BCUT2D eigenvalue weighted by molar-refractivity contribution is 5.78. The first-order valence-electron chi connectivity index (χ1n) is 3.33. The minimum atomic E-state index is -1.36. The molecule has 0 aromatic rings. The van der Waals surface area contributed by atoms with Gasteiger partial charge in [-0.2, -0.15) is 0 Å². The molecular weight excluding hydrogens is 150 g/mol. The molecule has 1 fully saturated rings. The SMILES string of the molecule is NC1(C(=O)O)COCCOC1. The van der Waals surface area contributed by atoms with E-state index in [1.165, 1.54) is 0 Å². The minimum absolute atomic E-state index is 0.0162. The average molecular weight is 161 g/mol. The molecule has 5 heteroatoms. The van der Waals surface area contributed by atoms with Gasteiger partial charge in [0.25, 0.3) is 0 Å². The van der Waals surface area contributed by atoms with E-state index in [2.05, 4.69) is 0 Å². The number of hydrogen-bond donors (Lipinski definition) is 2. The summed E-state index contributed by atoms with van der Waals surface area (Å²) in [7, 11) is 0. The van der Waals surface area contributed by atoms with Crippen molar-refractivity contribution in [2.24, 2.45) is 5.73 Å². The van der Waals surface area contributed by atoms with Gasteiger partial charge in [-0.1, -0.05) is 0 Å². The predicted molar refractivity (Wildman–Crippen MR) is 36.2 cm³/mol. The van der Waals surface area contributed by atoms with Crippen molar-refractivity contribution in [2.45, 2.75) is 5.54 Å². The third-order valence-electron chi connectivity index (χ3n) is 1.52. The molecule has 0 aromatic heterocycles. The molecule has 5 nitrogen and oxygen atoms in total. The second-order valence-electron chi connectivity index (χ2n) is 2.57. The van der Waals surface area contributed by atoms with Crippen molar-refractivity contribution < 1.29 is 19.4 Å². The van der Waals surface area contributed by atoms with Gasteiger partial charge in [-0.15, -0.1) is 0 Å². The third-order valence-corrected chi connectivity index (χ3v) is 1.52. The highest BCUT2D eigenvalue weighted by Crippen LogP contribution is 2.06. The van der Waals surface area contributed by atoms with Gasteiger partial charge in [0.05, 0.1) is 26.4 Å². The molecule has 0 bridgehead atoms. The Kier molecular flexibility index (Phi) is 2.43. The highest BCUT2D eigenvalue weighted by Gasteiger charge is 2.36. The Labute approximate surface area is 64.1 Å². The van der Waals surface area contributed by atoms with Crippen LogP contribution >= 0.6 is 0 Å². The van der Waals surface area contributed by atoms with E-state index in [0.717, 1.165) is 0 Å². The maximum Gasteiger partial charge on any atom is 0.328 e. The molecule has 0 aromatic carbocycles. The number of hydrogen-bond acceptors (Lipinski definition) is 4. The van der Waals surface area contributed by atoms with Crippen LogP contribution in [0.3, 0.4) is 0 Å². The van der Waals surface area contributed by atoms with Gasteiger partial charge in [-0.05, 0) is 0 Å². The number of rotatable bonds is 1. The second kappa shape index (κ2) is 3.17. The van der Waals surface area contributed by atoms with Gasteiger partial charge in [0, 0.05) is 0 Å². The second-order valence-corrected chi connectivity index (χ2v) is 2.57. The van der Waals surface area contributed by atoms with Crippen molar-refractivity contribution in [3.05, 3.63) is 0 Å². The van der Waals surface area contributed by atoms with Crippen molar-refractivity contribution in [3.63, 3.8) is 0 Å². The lowest BCUT2D eigenvalue weighted by atomic mass is 10.1. The lowest BCUT2D eigenvalue weighted by Gasteiger charge is -2.20. The van der Waals surface area contributed by atoms with Crippen molar-refractivity contribution in [1.82, 2.24) is 0 Å². The van der Waals surface area contributed by atoms with Crippen molar-refractivity contribution in [1.29, 1.82) is 0 Å². The minimum Gasteiger partial charge on any atom is -0.480 e. The number of carbonyl (C=O) groups is 1. The van der Waals surface area contributed by atoms with Crippen molar-refractivity contribution >= 4 is 5.97 Å². The Bertz CT molecular complexity index is 151. The fourth-order valence-electron chi connectivity index (χ4n) is 0.792. The summed E-state index contributed by atoms with van der Waals surface area (Å²) in [5, 5.41) is 8.64. The molecule has 1 rings (SSSR count). The van der Waals surface area contributed by atoms with Crippen LogP contribution in [-0.2, 0) is 14.3 Å². The molecule has 1 saturated heterocycles. The quantitative estimate of drug-likeness (QED) is 0.505. The van der Waals surface area contributed by atoms with Crippen LogP contribution in [0.5, 0.6) is 0 Å². The van der Waals surface area contributed by atoms with E-state index >= 15 is 0 Å². The van der Waals surface area contributed by atoms with Gasteiger partial charge >= 0.3 is 5.97 Å². The van der Waals surface area contributed by atoms with E-state index in [9.17, 15) is 4.79 Å². The summed E-state index contributed by atoms with van der Waals surface area (Å²) < 4.78 is 9.88. The molecule has 0 aliphatic carbocycles. The predicted octanol–water partition coefficient (Wildman–Crippen LogP) is -1.18. The molecule has 0 unspecified atom stereocenters. The van der Waals surface area contributed by atoms with Gasteiger partial charge in [0.2, 0.25) is 0 Å². The standard InChI is InChI=1S/C6H11NO4/c7-6(5(8)9)3-10-1-2-11-4-6/h1-4,7H2,(H,8,9). The molecule has 0 amide bonds. The zero-order valence-corrected chi connectivity index (χ0v) is 6.08. The molecule has 0 spiro atoms. The molecule has 0 atom stereocenters. The van der Waals surface area contributed by atoms with Gasteiger partial charge in [-0.25, -0.2) is 0 Å². The molecule has 1 heterocycles. The smallest absolute Gasteiger partial charge is 0.328 e. The summed E-state index contributed by atoms with van der Waals surface area (Å²) in [6.45, 7) is 0.850. The first-order valence-corrected chi connectivity index (χ1v) is 3.33. The van der Waals surface area contributed by atoms with Crippen LogP contribution in [0.15, 0.2) is 0 Å². The van der Waals surface area contributed by atoms with Crippen LogP contribution in [0, 0.1) is 0 Å². The summed E-state index contributed by atoms with van der Waals surface area (Å²) in [6, 6.07) is 0. The Balaban J connectivity index is 2.59. The molecule has 1 aliphatic rings. The first-order chi connectivity index (χ1) is 5.15. The van der Waals surface area contributed by atoms with Crippen LogP contribution in [0.4, 0.5) is 0 Å². The number of carboxylic acids is 1. The van der Waals surface area contributed by atoms with Gasteiger partial charge in [0.1, 0.15) is 0 Å². The van der Waals surface area contributed by atoms with E-state index in [0.29, 0.717) is 13.2 Å². The lowest BCUT2D eigenvalue weighted by molar-refractivity contribution is -0.146. The molecule has 0 saturated carbocycles. The highest BCUT2D eigenvalue weighted by atomic mass is 16.5. The maximum atomic E-state index is 10.5. The Morgan fingerprint density at radius 2 is 1.82 bits per heavy atom. The van der Waals surface area contributed by atoms with E-state index in [-0.39, 0.29) is 13.2 Å². The molecule has 1 aliphatic heterocycles. The van der Waals surface area contributed by atoms with Crippen LogP contribution < -0.4 is 5.73 Å². The van der Waals surface area contributed by atoms with Gasteiger partial charge < -0.3 is 20.3 Å². The summed E-state index contributed by atoms with van der Waals surface area (Å²) in [6.07, 6.45) is 0. The Morgan fingerprint density at radius 3 is 2.18 bits per heavy atom. The molecule has 64 valence electrons. The summed E-state index contributed by atoms with van der Waals surface area (Å²) in [4.78, 5) is 10.5. The molecular formula is C6H11NO4. The monoisotopic (exact) mass is 161 g/mol. The Morgan fingerprint density at radius 1 is 1.36 bits per heavy atom. The van der Waals surface area contributed by atoms with Crippen LogP contribution in [0.25, 0.3) is 0 Å². The topological polar surface area (TPSA) is 81.8 Å². The van der Waals surface area contributed by atoms with E-state index in [1.54, 1.807) is 0 Å². The number of aliphatic carboxylic acids is 1. The van der Waals surface area contributed by atoms with Crippen molar-refractivity contribution in [3.8, 4) is 0 Å². The van der Waals surface area contributed by atoms with E-state index < -0.39 is 11.5 Å². The maximum absolute atomic E-state index is 10.5. The summed E-state index contributed by atoms with van der Waals surface area (Å²) in [5.74, 6) is -1.08. The fraction of sp³-hybridized carbons (Fsp3) is 0.833. The zero-order valence-electron chi connectivity index (χ0n) is 6.08. The van der Waals surface area contributed by atoms with Gasteiger partial charge in [-0.3, -0.25) is 4.79 Å². The van der Waals surface area contributed by atoms with E-state index in [1.807, 2.05) is 0 Å². The number of ether oxygens (including phenoxy) is 2. The summed E-state index contributed by atoms with van der Waals surface area (Å²) in [5.41, 5.74) is 4.09. The zero-order chi connectivity index (χ0) is 8.32. The largest absolute Gasteiger partial charge is 0.480 e. The fourth-order valence-corrected chi connectivity index (χ4v) is 0.792. The average Bonchev–Trinajstić information content (AvgIpc) is 2.15. The molecule has 3 N–H and O–H groups in total. The number of nitrogens with two attached hydrogens (primary N) is 1. The van der Waals surface area contributed by atoms with Crippen LogP contribution in [0.2, 0.25) is 0 Å². The first kappa shape index (κ1) is 8.45. The van der Waals surface area contributed by atoms with Crippen LogP contribution in [-0.4, -0.2) is 43.0 Å². The number of carboxylic acid groups (broad SMARTS) is 1. The Hall–Kier alpha value is -0.650.